The minimum absolute atomic E-state index is 0.0244. The first kappa shape index (κ1) is 13.5. The number of carbonyl (C=O) groups excluding carboxylic acids is 1. The summed E-state index contributed by atoms with van der Waals surface area (Å²) in [4.78, 5) is 12.1. The van der Waals surface area contributed by atoms with Crippen LogP contribution in [0.2, 0.25) is 0 Å². The summed E-state index contributed by atoms with van der Waals surface area (Å²) in [6, 6.07) is -0.297. The monoisotopic (exact) mass is 335 g/mol. The van der Waals surface area contributed by atoms with Crippen molar-refractivity contribution in [2.45, 2.75) is 25.9 Å². The average Bonchev–Trinajstić information content (AvgIpc) is 2.81. The van der Waals surface area contributed by atoms with Gasteiger partial charge in [0.2, 0.25) is 0 Å². The molecule has 0 aromatic carbocycles. The molecule has 18 heavy (non-hydrogen) atoms. The van der Waals surface area contributed by atoms with E-state index in [1.54, 1.807) is 10.9 Å². The fourth-order valence-electron chi connectivity index (χ4n) is 1.99. The molecule has 8 heteroatoms. The third kappa shape index (κ3) is 2.74. The molecule has 0 radical (unpaired) electrons. The number of aromatic nitrogens is 2. The molecule has 1 atom stereocenters. The van der Waals surface area contributed by atoms with Gasteiger partial charge in [-0.3, -0.25) is 9.48 Å². The summed E-state index contributed by atoms with van der Waals surface area (Å²) in [6.07, 6.45) is 2.04. The van der Waals surface area contributed by atoms with Crippen LogP contribution in [0.1, 0.15) is 23.8 Å². The number of aryl methyl sites for hydroxylation is 1. The van der Waals surface area contributed by atoms with Crippen molar-refractivity contribution in [1.82, 2.24) is 15.1 Å². The number of halogens is 1. The summed E-state index contributed by atoms with van der Waals surface area (Å²) < 4.78 is 24.8. The van der Waals surface area contributed by atoms with Crippen LogP contribution in [0.25, 0.3) is 0 Å². The Morgan fingerprint density at radius 3 is 2.94 bits per heavy atom. The van der Waals surface area contributed by atoms with Gasteiger partial charge in [-0.05, 0) is 29.3 Å². The molecule has 1 aliphatic rings. The van der Waals surface area contributed by atoms with E-state index < -0.39 is 9.84 Å². The van der Waals surface area contributed by atoms with Gasteiger partial charge in [0.15, 0.2) is 9.84 Å². The summed E-state index contributed by atoms with van der Waals surface area (Å²) in [6.45, 7) is 2.47. The standard InChI is InChI=1S/C10H14BrN3O3S/c1-2-14-9(8(11)5-12-14)10(15)13-7-3-4-18(16,17)6-7/h5,7H,2-4,6H2,1H3,(H,13,15)/t7-/m0/s1. The second-order valence-corrected chi connectivity index (χ2v) is 7.31. The molecule has 1 aliphatic heterocycles. The molecule has 1 aromatic heterocycles. The van der Waals surface area contributed by atoms with E-state index >= 15 is 0 Å². The van der Waals surface area contributed by atoms with Crippen molar-refractivity contribution in [3.63, 3.8) is 0 Å². The second-order valence-electron chi connectivity index (χ2n) is 4.23. The van der Waals surface area contributed by atoms with Crippen LogP contribution in [0.15, 0.2) is 10.7 Å². The number of carbonyl (C=O) groups is 1. The number of nitrogens with zero attached hydrogens (tertiary/aromatic N) is 2. The fourth-order valence-corrected chi connectivity index (χ4v) is 4.14. The molecular formula is C10H14BrN3O3S. The van der Waals surface area contributed by atoms with Crippen molar-refractivity contribution >= 4 is 31.7 Å². The summed E-state index contributed by atoms with van der Waals surface area (Å²) in [5, 5.41) is 6.79. The maximum atomic E-state index is 12.1. The van der Waals surface area contributed by atoms with Gasteiger partial charge in [0.1, 0.15) is 5.69 Å². The van der Waals surface area contributed by atoms with Gasteiger partial charge in [-0.2, -0.15) is 5.10 Å². The molecule has 0 bridgehead atoms. The number of amides is 1. The molecule has 2 rings (SSSR count). The quantitative estimate of drug-likeness (QED) is 0.876. The topological polar surface area (TPSA) is 81.1 Å². The Labute approximate surface area is 114 Å². The Morgan fingerprint density at radius 1 is 1.67 bits per heavy atom. The van der Waals surface area contributed by atoms with Crippen LogP contribution in [-0.2, 0) is 16.4 Å². The van der Waals surface area contributed by atoms with Crippen LogP contribution < -0.4 is 5.32 Å². The number of sulfone groups is 1. The highest BCUT2D eigenvalue weighted by Gasteiger charge is 2.30. The van der Waals surface area contributed by atoms with Crippen LogP contribution in [-0.4, -0.2) is 41.7 Å². The van der Waals surface area contributed by atoms with E-state index in [1.165, 1.54) is 0 Å². The van der Waals surface area contributed by atoms with E-state index in [9.17, 15) is 13.2 Å². The predicted molar refractivity (Wildman–Crippen MR) is 70.1 cm³/mol. The highest BCUT2D eigenvalue weighted by molar-refractivity contribution is 9.10. The fraction of sp³-hybridized carbons (Fsp3) is 0.600. The summed E-state index contributed by atoms with van der Waals surface area (Å²) in [5.74, 6) is -0.119. The number of rotatable bonds is 3. The van der Waals surface area contributed by atoms with Gasteiger partial charge in [0, 0.05) is 12.6 Å². The Balaban J connectivity index is 2.11. The molecule has 6 nitrogen and oxygen atoms in total. The maximum Gasteiger partial charge on any atom is 0.270 e. The van der Waals surface area contributed by atoms with Crippen molar-refractivity contribution in [3.8, 4) is 0 Å². The van der Waals surface area contributed by atoms with Crippen molar-refractivity contribution < 1.29 is 13.2 Å². The summed E-state index contributed by atoms with van der Waals surface area (Å²) >= 11 is 3.27. The number of nitrogens with one attached hydrogen (secondary N) is 1. The Bertz CT molecular complexity index is 567. The van der Waals surface area contributed by atoms with E-state index in [0.717, 1.165) is 0 Å². The molecular weight excluding hydrogens is 322 g/mol. The maximum absolute atomic E-state index is 12.1. The largest absolute Gasteiger partial charge is 0.347 e. The van der Waals surface area contributed by atoms with Crippen molar-refractivity contribution in [3.05, 3.63) is 16.4 Å². The van der Waals surface area contributed by atoms with Gasteiger partial charge < -0.3 is 5.32 Å². The molecule has 1 aromatic rings. The smallest absolute Gasteiger partial charge is 0.270 e. The van der Waals surface area contributed by atoms with E-state index in [1.807, 2.05) is 6.92 Å². The lowest BCUT2D eigenvalue weighted by Crippen LogP contribution is -2.36. The predicted octanol–water partition coefficient (Wildman–Crippen LogP) is 0.582. The molecule has 1 saturated heterocycles. The van der Waals surface area contributed by atoms with E-state index in [2.05, 4.69) is 26.3 Å². The van der Waals surface area contributed by atoms with E-state index in [-0.39, 0.29) is 23.5 Å². The van der Waals surface area contributed by atoms with Gasteiger partial charge >= 0.3 is 0 Å². The normalized spacial score (nSPS) is 22.0. The van der Waals surface area contributed by atoms with Crippen LogP contribution in [0.5, 0.6) is 0 Å². The zero-order valence-corrected chi connectivity index (χ0v) is 12.3. The SMILES string of the molecule is CCn1ncc(Br)c1C(=O)N[C@H]1CCS(=O)(=O)C1. The summed E-state index contributed by atoms with van der Waals surface area (Å²) in [7, 11) is -2.98. The van der Waals surface area contributed by atoms with Crippen LogP contribution in [0.4, 0.5) is 0 Å². The van der Waals surface area contributed by atoms with Gasteiger partial charge in [-0.15, -0.1) is 0 Å². The van der Waals surface area contributed by atoms with E-state index in [4.69, 9.17) is 0 Å². The van der Waals surface area contributed by atoms with Crippen LogP contribution >= 0.6 is 15.9 Å². The molecule has 100 valence electrons. The number of hydrogen-bond donors (Lipinski definition) is 1. The molecule has 0 saturated carbocycles. The first-order chi connectivity index (χ1) is 8.43. The minimum Gasteiger partial charge on any atom is -0.347 e. The summed E-state index contributed by atoms with van der Waals surface area (Å²) in [5.41, 5.74) is 0.432. The Kier molecular flexibility index (Phi) is 3.76. The van der Waals surface area contributed by atoms with E-state index in [0.29, 0.717) is 23.1 Å². The van der Waals surface area contributed by atoms with Gasteiger partial charge in [0.05, 0.1) is 22.2 Å². The van der Waals surface area contributed by atoms with Gasteiger partial charge in [-0.25, -0.2) is 8.42 Å². The molecule has 1 amide bonds. The van der Waals surface area contributed by atoms with Crippen molar-refractivity contribution in [1.29, 1.82) is 0 Å². The Morgan fingerprint density at radius 2 is 2.39 bits per heavy atom. The molecule has 1 fully saturated rings. The van der Waals surface area contributed by atoms with Gasteiger partial charge in [0.25, 0.3) is 5.91 Å². The third-order valence-electron chi connectivity index (χ3n) is 2.88. The third-order valence-corrected chi connectivity index (χ3v) is 5.23. The lowest BCUT2D eigenvalue weighted by molar-refractivity contribution is 0.0929. The first-order valence-corrected chi connectivity index (χ1v) is 8.27. The average molecular weight is 336 g/mol. The highest BCUT2D eigenvalue weighted by atomic mass is 79.9. The molecule has 0 spiro atoms. The molecule has 1 N–H and O–H groups in total. The zero-order chi connectivity index (χ0) is 13.3. The Hall–Kier alpha value is -0.890. The first-order valence-electron chi connectivity index (χ1n) is 5.65. The molecule has 2 heterocycles. The zero-order valence-electron chi connectivity index (χ0n) is 9.89. The van der Waals surface area contributed by atoms with Crippen LogP contribution in [0, 0.1) is 0 Å². The number of hydrogen-bond acceptors (Lipinski definition) is 4. The lowest BCUT2D eigenvalue weighted by atomic mass is 10.2. The van der Waals surface area contributed by atoms with Crippen molar-refractivity contribution in [2.75, 3.05) is 11.5 Å². The van der Waals surface area contributed by atoms with Crippen molar-refractivity contribution in [2.24, 2.45) is 0 Å². The lowest BCUT2D eigenvalue weighted by Gasteiger charge is -2.11. The highest BCUT2D eigenvalue weighted by Crippen LogP contribution is 2.17. The second kappa shape index (κ2) is 5.00. The van der Waals surface area contributed by atoms with Crippen LogP contribution in [0.3, 0.4) is 0 Å². The molecule has 0 aliphatic carbocycles. The van der Waals surface area contributed by atoms with Gasteiger partial charge in [-0.1, -0.05) is 0 Å². The molecule has 0 unspecified atom stereocenters. The minimum atomic E-state index is -2.98.